The van der Waals surface area contributed by atoms with Crippen LogP contribution in [0.1, 0.15) is 31.4 Å². The lowest BCUT2D eigenvalue weighted by molar-refractivity contribution is -0.0311. The minimum absolute atomic E-state index is 0.527. The van der Waals surface area contributed by atoms with Crippen LogP contribution in [0.2, 0.25) is 0 Å². The zero-order valence-electron chi connectivity index (χ0n) is 10.3. The van der Waals surface area contributed by atoms with Crippen LogP contribution < -0.4 is 0 Å². The number of nitrogens with zero attached hydrogens (tertiary/aromatic N) is 2. The van der Waals surface area contributed by atoms with E-state index in [4.69, 9.17) is 12.2 Å². The molecule has 1 aliphatic heterocycles. The van der Waals surface area contributed by atoms with E-state index in [2.05, 4.69) is 5.10 Å². The minimum Gasteiger partial charge on any atom is -0.369 e. The summed E-state index contributed by atoms with van der Waals surface area (Å²) in [6, 6.07) is 7.92. The van der Waals surface area contributed by atoms with Crippen molar-refractivity contribution in [1.82, 2.24) is 5.01 Å². The third-order valence-corrected chi connectivity index (χ3v) is 3.22. The molecule has 17 heavy (non-hydrogen) atoms. The van der Waals surface area contributed by atoms with Gasteiger partial charge in [0.2, 0.25) is 0 Å². The van der Waals surface area contributed by atoms with Crippen LogP contribution in [0.15, 0.2) is 29.4 Å². The lowest BCUT2D eigenvalue weighted by Gasteiger charge is -2.29. The molecule has 1 heterocycles. The lowest BCUT2D eigenvalue weighted by Crippen LogP contribution is -2.42. The molecule has 0 spiro atoms. The Hall–Kier alpha value is -1.26. The first-order valence-corrected chi connectivity index (χ1v) is 5.99. The van der Waals surface area contributed by atoms with E-state index in [9.17, 15) is 5.11 Å². The summed E-state index contributed by atoms with van der Waals surface area (Å²) in [5.74, 6) is 0. The molecular formula is C13H16N2OS. The van der Waals surface area contributed by atoms with E-state index in [0.29, 0.717) is 11.4 Å². The molecule has 0 radical (unpaired) electrons. The lowest BCUT2D eigenvalue weighted by atomic mass is 10.1. The van der Waals surface area contributed by atoms with Crippen LogP contribution in [0, 0.1) is 6.92 Å². The number of aliphatic hydroxyl groups is 1. The van der Waals surface area contributed by atoms with Crippen molar-refractivity contribution in [1.29, 1.82) is 0 Å². The van der Waals surface area contributed by atoms with Crippen LogP contribution in [-0.2, 0) is 0 Å². The molecule has 3 nitrogen and oxygen atoms in total. The van der Waals surface area contributed by atoms with Gasteiger partial charge in [0.1, 0.15) is 4.99 Å². The molecule has 4 heteroatoms. The van der Waals surface area contributed by atoms with Crippen molar-refractivity contribution in [2.75, 3.05) is 0 Å². The highest BCUT2D eigenvalue weighted by Gasteiger charge is 2.37. The van der Waals surface area contributed by atoms with Crippen LogP contribution in [0.3, 0.4) is 0 Å². The van der Waals surface area contributed by atoms with Gasteiger partial charge < -0.3 is 5.11 Å². The predicted octanol–water partition coefficient (Wildman–Crippen LogP) is 2.46. The van der Waals surface area contributed by atoms with Gasteiger partial charge in [0, 0.05) is 17.7 Å². The third-order valence-electron chi connectivity index (χ3n) is 2.81. The summed E-state index contributed by atoms with van der Waals surface area (Å²) in [7, 11) is 0. The molecule has 90 valence electrons. The van der Waals surface area contributed by atoms with Crippen molar-refractivity contribution in [2.45, 2.75) is 32.9 Å². The third kappa shape index (κ3) is 2.37. The highest BCUT2D eigenvalue weighted by Crippen LogP contribution is 2.27. The number of aryl methyl sites for hydroxylation is 1. The van der Waals surface area contributed by atoms with Crippen molar-refractivity contribution in [3.05, 3.63) is 35.4 Å². The number of thiocarbonyl (C=S) groups is 1. The van der Waals surface area contributed by atoms with Crippen LogP contribution >= 0.6 is 12.2 Å². The summed E-state index contributed by atoms with van der Waals surface area (Å²) in [4.78, 5) is 0.562. The Morgan fingerprint density at radius 3 is 2.41 bits per heavy atom. The summed E-state index contributed by atoms with van der Waals surface area (Å²) < 4.78 is 0. The van der Waals surface area contributed by atoms with E-state index < -0.39 is 5.72 Å². The van der Waals surface area contributed by atoms with Gasteiger partial charge in [-0.2, -0.15) is 5.10 Å². The fourth-order valence-corrected chi connectivity index (χ4v) is 2.33. The molecule has 0 aliphatic carbocycles. The smallest absolute Gasteiger partial charge is 0.161 e. The van der Waals surface area contributed by atoms with Gasteiger partial charge in [0.05, 0.1) is 0 Å². The van der Waals surface area contributed by atoms with Gasteiger partial charge >= 0.3 is 0 Å². The van der Waals surface area contributed by atoms with E-state index >= 15 is 0 Å². The minimum atomic E-state index is -1.01. The molecule has 0 unspecified atom stereocenters. The average molecular weight is 248 g/mol. The second-order valence-electron chi connectivity index (χ2n) is 4.71. The standard InChI is InChI=1S/C13H16N2OS/c1-9-4-6-11(7-5-9)12(17)15-13(3,16)8-10(2)14-15/h4-7,16H,8H2,1-3H3/t13-/m1/s1. The summed E-state index contributed by atoms with van der Waals surface area (Å²) in [6.07, 6.45) is 0.527. The predicted molar refractivity (Wildman–Crippen MR) is 73.1 cm³/mol. The van der Waals surface area contributed by atoms with Crippen LogP contribution in [0.25, 0.3) is 0 Å². The van der Waals surface area contributed by atoms with Crippen molar-refractivity contribution in [3.63, 3.8) is 0 Å². The van der Waals surface area contributed by atoms with Gasteiger partial charge in [-0.25, -0.2) is 5.01 Å². The van der Waals surface area contributed by atoms with E-state index in [1.54, 1.807) is 6.92 Å². The molecule has 0 bridgehead atoms. The zero-order valence-corrected chi connectivity index (χ0v) is 11.1. The van der Waals surface area contributed by atoms with Gasteiger partial charge in [-0.15, -0.1) is 0 Å². The zero-order chi connectivity index (χ0) is 12.6. The maximum Gasteiger partial charge on any atom is 0.161 e. The van der Waals surface area contributed by atoms with Crippen LogP contribution in [0.4, 0.5) is 0 Å². The molecule has 1 aliphatic rings. The van der Waals surface area contributed by atoms with Crippen molar-refractivity contribution in [3.8, 4) is 0 Å². The van der Waals surface area contributed by atoms with E-state index in [-0.39, 0.29) is 0 Å². The first-order chi connectivity index (χ1) is 7.90. The van der Waals surface area contributed by atoms with Crippen molar-refractivity contribution >= 4 is 22.9 Å². The number of benzene rings is 1. The monoisotopic (exact) mass is 248 g/mol. The Kier molecular flexibility index (Phi) is 3.02. The topological polar surface area (TPSA) is 35.8 Å². The fourth-order valence-electron chi connectivity index (χ4n) is 1.96. The summed E-state index contributed by atoms with van der Waals surface area (Å²) >= 11 is 5.38. The first kappa shape index (κ1) is 12.2. The average Bonchev–Trinajstić information content (AvgIpc) is 2.52. The highest BCUT2D eigenvalue weighted by atomic mass is 32.1. The van der Waals surface area contributed by atoms with E-state index in [1.807, 2.05) is 38.1 Å². The summed E-state index contributed by atoms with van der Waals surface area (Å²) in [5, 5.41) is 16.1. The number of hydrogen-bond acceptors (Lipinski definition) is 3. The van der Waals surface area contributed by atoms with Crippen molar-refractivity contribution in [2.24, 2.45) is 5.10 Å². The molecule has 1 atom stereocenters. The number of hydrazone groups is 1. The molecule has 2 rings (SSSR count). The van der Waals surface area contributed by atoms with Gasteiger partial charge in [-0.3, -0.25) is 0 Å². The summed E-state index contributed by atoms with van der Waals surface area (Å²) in [6.45, 7) is 5.65. The second kappa shape index (κ2) is 4.20. The molecule has 0 aromatic heterocycles. The number of rotatable bonds is 1. The van der Waals surface area contributed by atoms with Gasteiger partial charge in [0.25, 0.3) is 0 Å². The van der Waals surface area contributed by atoms with E-state index in [0.717, 1.165) is 11.3 Å². The molecule has 0 saturated heterocycles. The Morgan fingerprint density at radius 1 is 1.35 bits per heavy atom. The molecular weight excluding hydrogens is 232 g/mol. The van der Waals surface area contributed by atoms with Gasteiger partial charge in [0.15, 0.2) is 5.72 Å². The quantitative estimate of drug-likeness (QED) is 0.776. The molecule has 0 saturated carbocycles. The van der Waals surface area contributed by atoms with Crippen LogP contribution in [-0.4, -0.2) is 26.5 Å². The van der Waals surface area contributed by atoms with Crippen molar-refractivity contribution < 1.29 is 5.11 Å². The maximum absolute atomic E-state index is 10.2. The Bertz CT molecular complexity index is 477. The second-order valence-corrected chi connectivity index (χ2v) is 5.10. The molecule has 0 fully saturated rings. The Morgan fingerprint density at radius 2 is 1.94 bits per heavy atom. The molecule has 0 amide bonds. The maximum atomic E-state index is 10.2. The Balaban J connectivity index is 2.29. The molecule has 1 aromatic rings. The Labute approximate surface area is 107 Å². The molecule has 1 aromatic carbocycles. The number of hydrogen-bond donors (Lipinski definition) is 1. The normalized spacial score (nSPS) is 23.8. The SMILES string of the molecule is CC1=NN(C(=S)c2ccc(C)cc2)[C@](C)(O)C1. The first-order valence-electron chi connectivity index (χ1n) is 5.58. The van der Waals surface area contributed by atoms with Gasteiger partial charge in [-0.05, 0) is 20.8 Å². The van der Waals surface area contributed by atoms with E-state index in [1.165, 1.54) is 10.6 Å². The fraction of sp³-hybridized carbons (Fsp3) is 0.385. The largest absolute Gasteiger partial charge is 0.369 e. The van der Waals surface area contributed by atoms with Crippen LogP contribution in [0.5, 0.6) is 0 Å². The van der Waals surface area contributed by atoms with Gasteiger partial charge in [-0.1, -0.05) is 42.0 Å². The summed E-state index contributed by atoms with van der Waals surface area (Å²) in [5.41, 5.74) is 1.98. The molecule has 1 N–H and O–H groups in total. The highest BCUT2D eigenvalue weighted by molar-refractivity contribution is 7.80.